The second kappa shape index (κ2) is 14.6. The zero-order valence-electron chi connectivity index (χ0n) is 33.5. The summed E-state index contributed by atoms with van der Waals surface area (Å²) < 4.78 is 20.3. The number of aliphatic hydroxyl groups excluding tert-OH is 1. The predicted molar refractivity (Wildman–Crippen MR) is 224 cm³/mol. The number of nitrogens with one attached hydrogen (secondary N) is 1. The Hall–Kier alpha value is -6.14. The van der Waals surface area contributed by atoms with E-state index in [9.17, 15) is 24.9 Å². The van der Waals surface area contributed by atoms with E-state index in [2.05, 4.69) is 35.4 Å². The van der Waals surface area contributed by atoms with Gasteiger partial charge in [-0.15, -0.1) is 0 Å². The van der Waals surface area contributed by atoms with Gasteiger partial charge in [0.2, 0.25) is 0 Å². The molecule has 59 heavy (non-hydrogen) atoms. The van der Waals surface area contributed by atoms with Crippen molar-refractivity contribution in [3.63, 3.8) is 0 Å². The average molecular weight is 797 g/mol. The van der Waals surface area contributed by atoms with E-state index in [1.54, 1.807) is 38.3 Å². The summed E-state index contributed by atoms with van der Waals surface area (Å²) in [5.41, 5.74) is 12.1. The molecular formula is C47H48N4O8. The number of phenols is 2. The van der Waals surface area contributed by atoms with Crippen molar-refractivity contribution in [2.75, 3.05) is 11.1 Å². The number of ether oxygens (including phenoxy) is 2. The second-order valence-electron chi connectivity index (χ2n) is 16.7. The molecule has 304 valence electrons. The Morgan fingerprint density at radius 3 is 2.75 bits per heavy atom. The van der Waals surface area contributed by atoms with E-state index in [1.165, 1.54) is 6.07 Å². The number of nitrogens with two attached hydrogens (primary N) is 1. The summed E-state index contributed by atoms with van der Waals surface area (Å²) in [5, 5.41) is 36.7. The first kappa shape index (κ1) is 38.4. The fourth-order valence-electron chi connectivity index (χ4n) is 9.84. The first-order valence-electron chi connectivity index (χ1n) is 20.3. The Morgan fingerprint density at radius 2 is 1.95 bits per heavy atom. The monoisotopic (exact) mass is 796 g/mol. The van der Waals surface area contributed by atoms with Crippen LogP contribution in [0.5, 0.6) is 17.2 Å². The third-order valence-electron chi connectivity index (χ3n) is 13.1. The molecule has 6 N–H and O–H groups in total. The zero-order valence-corrected chi connectivity index (χ0v) is 33.5. The number of carbonyl (C=O) groups excluding carboxylic acids is 1. The van der Waals surface area contributed by atoms with Gasteiger partial charge in [-0.3, -0.25) is 4.79 Å². The minimum atomic E-state index is -1.23. The lowest BCUT2D eigenvalue weighted by molar-refractivity contribution is -0.165. The number of nitrogen functional groups attached to an aromatic ring is 1. The number of anilines is 2. The number of hydrogen-bond acceptors (Lipinski definition) is 12. The first-order valence-corrected chi connectivity index (χ1v) is 20.3. The number of esters is 1. The highest BCUT2D eigenvalue weighted by molar-refractivity contribution is 5.92. The van der Waals surface area contributed by atoms with Gasteiger partial charge in [0.15, 0.2) is 5.43 Å². The molecule has 3 aromatic heterocycles. The highest BCUT2D eigenvalue weighted by Gasteiger charge is 2.53. The Balaban J connectivity index is 1.37. The number of hydrogen-bond donors (Lipinski definition) is 5. The van der Waals surface area contributed by atoms with Gasteiger partial charge in [0.05, 0.1) is 0 Å². The van der Waals surface area contributed by atoms with Crippen LogP contribution in [0.15, 0.2) is 75.7 Å². The standard InChI is InChI=1S/C47H48N4O8/c1-5-23(2)46(56)58-37-20-35-41(55)40-36(54)19-32(22-52)57-43(40)39-34-18-29-17-31(53)11-10-26(29)8-9-27(38-33(34)12-13-49-44(38)48)16-30(47(37,4)59-42(35)39)15-25-14-28-7-6-24(3)51-45(28)50-21-25/h5-7,10-14,17,19,21,24,27,30,34,37,52-53,55H,8-9,15-16,18,20,22H2,1-4H3,(H2,48,49)(H,50,51). The molecule has 0 amide bonds. The van der Waals surface area contributed by atoms with Gasteiger partial charge in [-0.2, -0.15) is 0 Å². The number of phenolic OH excluding ortho intramolecular Hbond substituents is 2. The molecule has 4 aliphatic rings. The van der Waals surface area contributed by atoms with E-state index in [4.69, 9.17) is 24.6 Å². The number of aliphatic hydroxyl groups is 1. The van der Waals surface area contributed by atoms with Crippen molar-refractivity contribution in [1.29, 1.82) is 0 Å². The van der Waals surface area contributed by atoms with E-state index in [-0.39, 0.29) is 52.5 Å². The van der Waals surface area contributed by atoms with Crippen molar-refractivity contribution in [3.05, 3.63) is 127 Å². The molecule has 6 heterocycles. The molecule has 1 aliphatic carbocycles. The van der Waals surface area contributed by atoms with Crippen LogP contribution in [0.1, 0.15) is 103 Å². The third-order valence-corrected chi connectivity index (χ3v) is 13.1. The first-order chi connectivity index (χ1) is 28.4. The maximum absolute atomic E-state index is 14.0. The summed E-state index contributed by atoms with van der Waals surface area (Å²) in [4.78, 5) is 37.3. The lowest BCUT2D eigenvalue weighted by Crippen LogP contribution is -2.57. The lowest BCUT2D eigenvalue weighted by atomic mass is 9.68. The van der Waals surface area contributed by atoms with E-state index < -0.39 is 35.6 Å². The van der Waals surface area contributed by atoms with E-state index in [1.807, 2.05) is 25.3 Å². The molecule has 3 aliphatic heterocycles. The topological polar surface area (TPSA) is 190 Å². The van der Waals surface area contributed by atoms with Crippen LogP contribution in [-0.2, 0) is 41.8 Å². The van der Waals surface area contributed by atoms with Gasteiger partial charge in [0.25, 0.3) is 0 Å². The molecule has 4 bridgehead atoms. The van der Waals surface area contributed by atoms with Gasteiger partial charge in [-0.1, -0.05) is 24.3 Å². The maximum atomic E-state index is 14.0. The highest BCUT2D eigenvalue weighted by atomic mass is 16.6. The normalized spacial score (nSPS) is 24.4. The number of fused-ring (bicyclic) bond motifs is 6. The number of benzene rings is 2. The van der Waals surface area contributed by atoms with Crippen LogP contribution >= 0.6 is 0 Å². The van der Waals surface area contributed by atoms with E-state index in [0.717, 1.165) is 39.2 Å². The number of aromatic nitrogens is 2. The molecule has 5 aromatic rings. The van der Waals surface area contributed by atoms with E-state index in [0.29, 0.717) is 60.4 Å². The third kappa shape index (κ3) is 6.50. The number of pyridine rings is 2. The summed E-state index contributed by atoms with van der Waals surface area (Å²) in [6.07, 6.45) is 11.2. The summed E-state index contributed by atoms with van der Waals surface area (Å²) in [5.74, 6) is -0.359. The number of carbonyl (C=O) groups is 1. The molecule has 0 spiro atoms. The van der Waals surface area contributed by atoms with Crippen molar-refractivity contribution in [2.24, 2.45) is 5.92 Å². The van der Waals surface area contributed by atoms with E-state index >= 15 is 0 Å². The second-order valence-corrected chi connectivity index (χ2v) is 16.7. The Kier molecular flexibility index (Phi) is 9.50. The summed E-state index contributed by atoms with van der Waals surface area (Å²) >= 11 is 0. The Bertz CT molecular complexity index is 2670. The van der Waals surface area contributed by atoms with Crippen LogP contribution in [0.2, 0.25) is 0 Å². The number of nitrogens with zero attached hydrogens (tertiary/aromatic N) is 2. The minimum absolute atomic E-state index is 0.0200. The van der Waals surface area contributed by atoms with Crippen LogP contribution in [-0.4, -0.2) is 49.0 Å². The highest BCUT2D eigenvalue weighted by Crippen LogP contribution is 2.56. The fourth-order valence-corrected chi connectivity index (χ4v) is 9.84. The average Bonchev–Trinajstić information content (AvgIpc) is 3.27. The largest absolute Gasteiger partial charge is 0.508 e. The van der Waals surface area contributed by atoms with Gasteiger partial charge in [0, 0.05) is 70.6 Å². The van der Waals surface area contributed by atoms with Gasteiger partial charge in [0.1, 0.15) is 63.9 Å². The van der Waals surface area contributed by atoms with Gasteiger partial charge < -0.3 is 40.3 Å². The molecule has 0 fully saturated rings. The predicted octanol–water partition coefficient (Wildman–Crippen LogP) is 7.13. The quantitative estimate of drug-likeness (QED) is 0.0895. The SMILES string of the molecule is CC=C(C)C(=O)OC1Cc2c3c(c4oc(CO)cc(=O)c4c2O)C2Cc4cc(O)ccc4CCC(CC(Cc4cnc5c(c4)C=CC(C)N5)C1(C)O3)c1c2ccnc1N. The molecule has 12 nitrogen and oxygen atoms in total. The molecule has 6 unspecified atom stereocenters. The summed E-state index contributed by atoms with van der Waals surface area (Å²) in [7, 11) is 0. The minimum Gasteiger partial charge on any atom is -0.508 e. The van der Waals surface area contributed by atoms with Crippen LogP contribution < -0.4 is 21.2 Å². The maximum Gasteiger partial charge on any atom is 0.333 e. The van der Waals surface area contributed by atoms with Crippen LogP contribution in [0, 0.1) is 5.92 Å². The van der Waals surface area contributed by atoms with Crippen molar-refractivity contribution in [3.8, 4) is 17.2 Å². The van der Waals surface area contributed by atoms with Gasteiger partial charge in [-0.05, 0) is 112 Å². The number of allylic oxidation sites excluding steroid dienone is 1. The van der Waals surface area contributed by atoms with Crippen LogP contribution in [0.4, 0.5) is 11.6 Å². The Labute approximate surface area is 341 Å². The lowest BCUT2D eigenvalue weighted by Gasteiger charge is -2.49. The molecule has 0 radical (unpaired) electrons. The zero-order chi connectivity index (χ0) is 41.3. The molecule has 9 rings (SSSR count). The van der Waals surface area contributed by atoms with Crippen molar-refractivity contribution < 1.29 is 34.0 Å². The fraction of sp³-hybridized carbons (Fsp3) is 0.362. The molecule has 12 heteroatoms. The molecular weight excluding hydrogens is 749 g/mol. The van der Waals surface area contributed by atoms with Crippen molar-refractivity contribution in [2.45, 2.75) is 102 Å². The van der Waals surface area contributed by atoms with Crippen LogP contribution in [0.3, 0.4) is 0 Å². The molecule has 6 atom stereocenters. The van der Waals surface area contributed by atoms with Crippen LogP contribution in [0.25, 0.3) is 17.0 Å². The molecule has 0 saturated heterocycles. The molecule has 0 saturated carbocycles. The summed E-state index contributed by atoms with van der Waals surface area (Å²) in [6.45, 7) is 6.95. The smallest absolute Gasteiger partial charge is 0.333 e. The molecule has 2 aromatic carbocycles. The number of aryl methyl sites for hydroxylation is 1. The van der Waals surface area contributed by atoms with Gasteiger partial charge in [-0.25, -0.2) is 14.8 Å². The van der Waals surface area contributed by atoms with Crippen molar-refractivity contribution >= 4 is 34.7 Å². The number of aromatic hydroxyl groups is 2. The van der Waals surface area contributed by atoms with Gasteiger partial charge >= 0.3 is 5.97 Å². The van der Waals surface area contributed by atoms with Crippen molar-refractivity contribution in [1.82, 2.24) is 9.97 Å². The number of rotatable bonds is 5. The Morgan fingerprint density at radius 1 is 1.12 bits per heavy atom. The summed E-state index contributed by atoms with van der Waals surface area (Å²) in [6, 6.07) is 10.8.